The van der Waals surface area contributed by atoms with Crippen LogP contribution in [0.2, 0.25) is 0 Å². The highest BCUT2D eigenvalue weighted by Crippen LogP contribution is 2.47. The van der Waals surface area contributed by atoms with E-state index in [1.54, 1.807) is 0 Å². The van der Waals surface area contributed by atoms with Gasteiger partial charge in [-0.15, -0.1) is 0 Å². The van der Waals surface area contributed by atoms with Gasteiger partial charge in [-0.25, -0.2) is 26.3 Å². The summed E-state index contributed by atoms with van der Waals surface area (Å²) in [7, 11) is 0. The summed E-state index contributed by atoms with van der Waals surface area (Å²) in [4.78, 5) is 10.6. The van der Waals surface area contributed by atoms with Crippen LogP contribution in [0.15, 0.2) is 123 Å². The Labute approximate surface area is 399 Å². The van der Waals surface area contributed by atoms with Crippen LogP contribution in [-0.2, 0) is 34.6 Å². The molecule has 0 aliphatic carbocycles. The van der Waals surface area contributed by atoms with Crippen molar-refractivity contribution in [1.29, 1.82) is 0 Å². The summed E-state index contributed by atoms with van der Waals surface area (Å²) < 4.78 is 169. The molecule has 67 heavy (non-hydrogen) atoms. The van der Waals surface area contributed by atoms with Crippen LogP contribution in [0.1, 0.15) is 41.2 Å². The fourth-order valence-electron chi connectivity index (χ4n) is 6.02. The van der Waals surface area contributed by atoms with Gasteiger partial charge in [0.1, 0.15) is 52.0 Å². The Morgan fingerprint density at radius 2 is 0.627 bits per heavy atom. The molecule has 0 fully saturated rings. The summed E-state index contributed by atoms with van der Waals surface area (Å²) >= 11 is 9.14. The molecule has 3 heterocycles. The van der Waals surface area contributed by atoms with Crippen molar-refractivity contribution in [2.45, 2.75) is 42.0 Å². The number of rotatable bonds is 12. The van der Waals surface area contributed by atoms with E-state index in [9.17, 15) is 68.0 Å². The molecule has 3 aromatic heterocycles. The molecule has 362 valence electrons. The largest absolute Gasteiger partial charge is 0.377 e. The van der Waals surface area contributed by atoms with E-state index >= 15 is 0 Å². The van der Waals surface area contributed by atoms with E-state index in [1.807, 2.05) is 0 Å². The van der Waals surface area contributed by atoms with Gasteiger partial charge in [0, 0.05) is 86.5 Å². The number of halogens is 15. The van der Waals surface area contributed by atoms with E-state index in [0.717, 1.165) is 73.2 Å². The van der Waals surface area contributed by atoms with Gasteiger partial charge in [-0.1, -0.05) is 25.6 Å². The molecule has 0 saturated carbocycles. The van der Waals surface area contributed by atoms with Gasteiger partial charge in [0.05, 0.1) is 0 Å². The SMILES string of the molecule is C.NCC(O)(c1ccc(F)cc1F)C(F)(F)c1ccc(Br)cn1.NC[C@@](O)(c1ccc(F)cc1F)C(F)(F)c1ccc(Br)cn1.NC[C@](O)(c1ccc(F)cc1F)C(F)(F)c1ccc(Br)cn1. The van der Waals surface area contributed by atoms with Gasteiger partial charge < -0.3 is 32.5 Å². The quantitative estimate of drug-likeness (QED) is 0.0652. The minimum absolute atomic E-state index is 0. The molecule has 24 heteroatoms. The van der Waals surface area contributed by atoms with Gasteiger partial charge in [-0.05, 0) is 102 Å². The second kappa shape index (κ2) is 22.3. The maximum atomic E-state index is 14.6. The second-order valence-corrected chi connectivity index (χ2v) is 16.6. The lowest BCUT2D eigenvalue weighted by Crippen LogP contribution is -2.50. The van der Waals surface area contributed by atoms with E-state index in [0.29, 0.717) is 31.6 Å². The first kappa shape index (κ1) is 56.8. The molecule has 0 amide bonds. The number of benzene rings is 3. The normalized spacial score (nSPS) is 14.5. The first-order chi connectivity index (χ1) is 30.7. The zero-order valence-electron chi connectivity index (χ0n) is 33.1. The summed E-state index contributed by atoms with van der Waals surface area (Å²) in [5, 5.41) is 31.0. The third kappa shape index (κ3) is 11.7. The average Bonchev–Trinajstić information content (AvgIpc) is 3.26. The highest BCUT2D eigenvalue weighted by Gasteiger charge is 2.58. The molecule has 0 spiro atoms. The highest BCUT2D eigenvalue weighted by molar-refractivity contribution is 9.11. The molecule has 9 N–H and O–H groups in total. The standard InChI is InChI=1S/3C14H11BrF4N2O.CH4/c3*15-8-1-4-12(21-6-8)14(18,19)13(22,7-20)10-3-2-9(16)5-11(10)17;/h3*1-6,22H,7,20H2;1H4/t2*13-;;/m10../s1. The highest BCUT2D eigenvalue weighted by atomic mass is 79.9. The summed E-state index contributed by atoms with van der Waals surface area (Å²) in [6.45, 7) is -2.96. The van der Waals surface area contributed by atoms with Gasteiger partial charge in [0.2, 0.25) is 0 Å². The predicted octanol–water partition coefficient (Wildman–Crippen LogP) is 9.82. The lowest BCUT2D eigenvalue weighted by atomic mass is 9.85. The van der Waals surface area contributed by atoms with Gasteiger partial charge >= 0.3 is 17.8 Å². The molecule has 1 unspecified atom stereocenters. The monoisotopic (exact) mass is 1150 g/mol. The number of hydrogen-bond acceptors (Lipinski definition) is 9. The van der Waals surface area contributed by atoms with E-state index in [2.05, 4.69) is 62.7 Å². The van der Waals surface area contributed by atoms with Crippen molar-refractivity contribution < 1.29 is 68.0 Å². The van der Waals surface area contributed by atoms with Crippen LogP contribution < -0.4 is 17.2 Å². The van der Waals surface area contributed by atoms with Crippen molar-refractivity contribution in [3.63, 3.8) is 0 Å². The number of aromatic nitrogens is 3. The molecule has 0 bridgehead atoms. The van der Waals surface area contributed by atoms with Crippen molar-refractivity contribution in [2.75, 3.05) is 19.6 Å². The van der Waals surface area contributed by atoms with Crippen molar-refractivity contribution in [3.8, 4) is 0 Å². The van der Waals surface area contributed by atoms with Crippen molar-refractivity contribution >= 4 is 47.8 Å². The van der Waals surface area contributed by atoms with Gasteiger partial charge in [-0.3, -0.25) is 15.0 Å². The summed E-state index contributed by atoms with van der Waals surface area (Å²) in [5.74, 6) is -18.8. The number of nitrogens with two attached hydrogens (primary N) is 3. The maximum absolute atomic E-state index is 14.6. The maximum Gasteiger partial charge on any atom is 0.323 e. The van der Waals surface area contributed by atoms with Gasteiger partial charge in [-0.2, -0.15) is 26.3 Å². The first-order valence-electron chi connectivity index (χ1n) is 18.3. The Hall–Kier alpha value is -4.53. The molecule has 3 aromatic carbocycles. The number of aliphatic hydroxyl groups is 3. The Kier molecular flexibility index (Phi) is 18.9. The Balaban J connectivity index is 0.000000264. The molecule has 0 saturated heterocycles. The summed E-state index contributed by atoms with van der Waals surface area (Å²) in [6, 6.07) is 12.6. The van der Waals surface area contributed by atoms with Crippen molar-refractivity contribution in [1.82, 2.24) is 15.0 Å². The van der Waals surface area contributed by atoms with Crippen LogP contribution >= 0.6 is 47.8 Å². The van der Waals surface area contributed by atoms with Crippen molar-refractivity contribution in [3.05, 3.63) is 192 Å². The third-order valence-corrected chi connectivity index (χ3v) is 11.1. The number of alkyl halides is 6. The molecule has 6 aromatic rings. The van der Waals surface area contributed by atoms with E-state index in [4.69, 9.17) is 17.2 Å². The molecular formula is C43H37Br3F12N6O3. The van der Waals surface area contributed by atoms with Crippen LogP contribution in [0, 0.1) is 34.9 Å². The fraction of sp³-hybridized carbons (Fsp3) is 0.233. The van der Waals surface area contributed by atoms with Gasteiger partial charge in [0.15, 0.2) is 16.8 Å². The van der Waals surface area contributed by atoms with Crippen LogP contribution in [0.4, 0.5) is 52.7 Å². The first-order valence-corrected chi connectivity index (χ1v) is 20.7. The fourth-order valence-corrected chi connectivity index (χ4v) is 6.72. The molecular weight excluding hydrogens is 1120 g/mol. The number of hydrogen-bond donors (Lipinski definition) is 6. The lowest BCUT2D eigenvalue weighted by Gasteiger charge is -2.35. The smallest absolute Gasteiger partial charge is 0.323 e. The number of nitrogens with zero attached hydrogens (tertiary/aromatic N) is 3. The van der Waals surface area contributed by atoms with E-state index in [1.165, 1.54) is 18.2 Å². The molecule has 0 aliphatic heterocycles. The van der Waals surface area contributed by atoms with Gasteiger partial charge in [0.25, 0.3) is 0 Å². The lowest BCUT2D eigenvalue weighted by molar-refractivity contribution is -0.193. The minimum Gasteiger partial charge on any atom is -0.377 e. The van der Waals surface area contributed by atoms with E-state index < -0.39 is 123 Å². The van der Waals surface area contributed by atoms with Crippen LogP contribution in [-0.4, -0.2) is 49.9 Å². The van der Waals surface area contributed by atoms with Crippen molar-refractivity contribution in [2.24, 2.45) is 17.2 Å². The zero-order chi connectivity index (χ0) is 49.6. The minimum atomic E-state index is -3.99. The Morgan fingerprint density at radius 1 is 0.403 bits per heavy atom. The molecule has 0 aliphatic rings. The summed E-state index contributed by atoms with van der Waals surface area (Å²) in [5.41, 5.74) is 1.87. The molecule has 6 rings (SSSR count). The van der Waals surface area contributed by atoms with E-state index in [-0.39, 0.29) is 7.43 Å². The van der Waals surface area contributed by atoms with Crippen LogP contribution in [0.5, 0.6) is 0 Å². The van der Waals surface area contributed by atoms with Crippen LogP contribution in [0.3, 0.4) is 0 Å². The Bertz CT molecular complexity index is 2330. The third-order valence-electron chi connectivity index (χ3n) is 9.72. The summed E-state index contributed by atoms with van der Waals surface area (Å²) in [6.07, 6.45) is 3.34. The predicted molar refractivity (Wildman–Crippen MR) is 232 cm³/mol. The average molecular weight is 1150 g/mol. The topological polar surface area (TPSA) is 177 Å². The molecule has 0 radical (unpaired) electrons. The molecule has 9 nitrogen and oxygen atoms in total. The second-order valence-electron chi connectivity index (χ2n) is 13.9. The Morgan fingerprint density at radius 3 is 0.791 bits per heavy atom. The number of pyridine rings is 3. The van der Waals surface area contributed by atoms with Crippen LogP contribution in [0.25, 0.3) is 0 Å². The molecule has 3 atom stereocenters. The zero-order valence-corrected chi connectivity index (χ0v) is 37.9.